The summed E-state index contributed by atoms with van der Waals surface area (Å²) in [6.45, 7) is 21.2. The topological polar surface area (TPSA) is 106 Å². The third-order valence-corrected chi connectivity index (χ3v) is 13.8. The lowest BCUT2D eigenvalue weighted by molar-refractivity contribution is 0.101. The fourth-order valence-electron chi connectivity index (χ4n) is 5.12. The van der Waals surface area contributed by atoms with Gasteiger partial charge < -0.3 is 19.8 Å². The third-order valence-electron chi connectivity index (χ3n) is 9.27. The Hall–Kier alpha value is -4.64. The minimum Gasteiger partial charge on any atom is -0.496 e. The quantitative estimate of drug-likeness (QED) is 0.137. The lowest BCUT2D eigenvalue weighted by Crippen LogP contribution is -2.42. The number of rotatable bonds is 13. The number of likely N-dealkylation sites (N-methyl/N-ethyl adjacent to an activating group) is 1. The van der Waals surface area contributed by atoms with Gasteiger partial charge >= 0.3 is 0 Å². The van der Waals surface area contributed by atoms with Crippen LogP contribution in [0, 0.1) is 13.8 Å². The van der Waals surface area contributed by atoms with Crippen molar-refractivity contribution in [1.82, 2.24) is 14.9 Å². The van der Waals surface area contributed by atoms with Crippen LogP contribution >= 0.6 is 0 Å². The fraction of sp³-hybridized carbons (Fsp3) is 0.333. The minimum atomic E-state index is -1.78. The summed E-state index contributed by atoms with van der Waals surface area (Å²) in [6.07, 6.45) is 4.94. The minimum absolute atomic E-state index is 0.183. The Labute approximate surface area is 291 Å². The van der Waals surface area contributed by atoms with Crippen LogP contribution in [0.5, 0.6) is 5.75 Å². The van der Waals surface area contributed by atoms with Gasteiger partial charge in [0.05, 0.1) is 7.11 Å². The van der Waals surface area contributed by atoms with Crippen LogP contribution in [0.3, 0.4) is 0 Å². The van der Waals surface area contributed by atoms with Crippen molar-refractivity contribution in [3.63, 3.8) is 0 Å². The second kappa shape index (κ2) is 15.7. The molecule has 0 spiro atoms. The van der Waals surface area contributed by atoms with Gasteiger partial charge in [-0.3, -0.25) is 24.5 Å². The number of aromatic nitrogens is 2. The molecule has 0 radical (unpaired) electrons. The number of amides is 2. The predicted octanol–water partition coefficient (Wildman–Crippen LogP) is 8.37. The van der Waals surface area contributed by atoms with Crippen LogP contribution in [0.1, 0.15) is 64.0 Å². The summed E-state index contributed by atoms with van der Waals surface area (Å²) < 4.78 is 11.7. The normalized spacial score (nSPS) is 11.7. The van der Waals surface area contributed by atoms with E-state index in [1.807, 2.05) is 56.3 Å². The molecule has 9 nitrogen and oxygen atoms in total. The molecule has 2 aromatic heterocycles. The van der Waals surface area contributed by atoms with Gasteiger partial charge in [-0.15, -0.1) is 0 Å². The van der Waals surface area contributed by atoms with Crippen molar-refractivity contribution < 1.29 is 18.8 Å². The van der Waals surface area contributed by atoms with Crippen LogP contribution in [-0.2, 0) is 11.0 Å². The highest BCUT2D eigenvalue weighted by molar-refractivity contribution is 6.74. The van der Waals surface area contributed by atoms with Gasteiger partial charge in [0, 0.05) is 55.1 Å². The number of carbonyl (C=O) groups is 2. The first-order valence-electron chi connectivity index (χ1n) is 16.4. The maximum Gasteiger partial charge on any atom is 0.274 e. The molecule has 0 fully saturated rings. The Kier molecular flexibility index (Phi) is 11.9. The smallest absolute Gasteiger partial charge is 0.274 e. The first kappa shape index (κ1) is 37.2. The van der Waals surface area contributed by atoms with Crippen molar-refractivity contribution in [3.8, 4) is 16.9 Å². The molecule has 2 N–H and O–H groups in total. The molecular formula is C39H49N5O4Si. The van der Waals surface area contributed by atoms with Gasteiger partial charge in [0.25, 0.3) is 11.8 Å². The zero-order valence-electron chi connectivity index (χ0n) is 30.2. The molecule has 0 saturated carbocycles. The Balaban J connectivity index is 1.42. The number of pyridine rings is 2. The van der Waals surface area contributed by atoms with Gasteiger partial charge in [0.15, 0.2) is 8.32 Å². The van der Waals surface area contributed by atoms with E-state index in [0.717, 1.165) is 34.4 Å². The fourth-order valence-corrected chi connectivity index (χ4v) is 6.15. The largest absolute Gasteiger partial charge is 0.496 e. The third kappa shape index (κ3) is 9.08. The Bertz CT molecular complexity index is 1820. The monoisotopic (exact) mass is 679 g/mol. The second-order valence-electron chi connectivity index (χ2n) is 13.8. The molecule has 0 aliphatic heterocycles. The molecule has 10 heteroatoms. The van der Waals surface area contributed by atoms with Crippen molar-refractivity contribution in [2.24, 2.45) is 0 Å². The highest BCUT2D eigenvalue weighted by Crippen LogP contribution is 2.37. The van der Waals surface area contributed by atoms with E-state index in [1.165, 1.54) is 7.11 Å². The Morgan fingerprint density at radius 1 is 0.898 bits per heavy atom. The van der Waals surface area contributed by atoms with Gasteiger partial charge in [-0.1, -0.05) is 63.8 Å². The van der Waals surface area contributed by atoms with Gasteiger partial charge in [-0.25, -0.2) is 0 Å². The number of nitrogens with one attached hydrogen (secondary N) is 2. The van der Waals surface area contributed by atoms with E-state index in [0.29, 0.717) is 41.5 Å². The highest BCUT2D eigenvalue weighted by atomic mass is 28.4. The summed E-state index contributed by atoms with van der Waals surface area (Å²) in [4.78, 5) is 37.3. The van der Waals surface area contributed by atoms with E-state index in [2.05, 4.69) is 73.0 Å². The van der Waals surface area contributed by atoms with Gasteiger partial charge in [-0.2, -0.15) is 0 Å². The van der Waals surface area contributed by atoms with Crippen molar-refractivity contribution in [2.45, 2.75) is 59.3 Å². The molecule has 2 aromatic carbocycles. The number of hydrogen-bond acceptors (Lipinski definition) is 7. The molecule has 0 aliphatic carbocycles. The lowest BCUT2D eigenvalue weighted by atomic mass is 9.94. The van der Waals surface area contributed by atoms with Crippen LogP contribution < -0.4 is 15.4 Å². The number of nitrogens with zero attached hydrogens (tertiary/aromatic N) is 3. The molecule has 0 saturated heterocycles. The molecule has 2 amide bonds. The average molecular weight is 680 g/mol. The van der Waals surface area contributed by atoms with E-state index >= 15 is 0 Å². The SMILES string of the molecule is C=Cc1cnc(C(=O)Nc2cccc(-c3cccc(NC(=O)c4ccc(CN(C)CCO[Si](C)(C)C(C)(C)C)cn4)c3C)c2C)cc1OC. The first-order valence-corrected chi connectivity index (χ1v) is 19.3. The summed E-state index contributed by atoms with van der Waals surface area (Å²) in [5, 5.41) is 6.20. The molecular weight excluding hydrogens is 631 g/mol. The van der Waals surface area contributed by atoms with Crippen LogP contribution in [-0.4, -0.2) is 62.3 Å². The summed E-state index contributed by atoms with van der Waals surface area (Å²) in [7, 11) is 1.82. The van der Waals surface area contributed by atoms with Crippen LogP contribution in [0.25, 0.3) is 17.2 Å². The summed E-state index contributed by atoms with van der Waals surface area (Å²) in [6, 6.07) is 16.8. The summed E-state index contributed by atoms with van der Waals surface area (Å²) in [5.41, 5.74) is 7.28. The van der Waals surface area contributed by atoms with Crippen LogP contribution in [0.4, 0.5) is 11.4 Å². The molecule has 4 aromatic rings. The van der Waals surface area contributed by atoms with Gasteiger partial charge in [-0.05, 0) is 85.0 Å². The van der Waals surface area contributed by atoms with Crippen molar-refractivity contribution in [3.05, 3.63) is 107 Å². The van der Waals surface area contributed by atoms with Crippen molar-refractivity contribution in [1.29, 1.82) is 0 Å². The highest BCUT2D eigenvalue weighted by Gasteiger charge is 2.36. The summed E-state index contributed by atoms with van der Waals surface area (Å²) in [5.74, 6) is -0.119. The molecule has 4 rings (SSSR count). The van der Waals surface area contributed by atoms with E-state index in [-0.39, 0.29) is 22.5 Å². The number of benzene rings is 2. The van der Waals surface area contributed by atoms with E-state index < -0.39 is 8.32 Å². The molecule has 0 unspecified atom stereocenters. The van der Waals surface area contributed by atoms with Gasteiger partial charge in [0.1, 0.15) is 17.1 Å². The van der Waals surface area contributed by atoms with Crippen molar-refractivity contribution in [2.75, 3.05) is 37.9 Å². The molecule has 0 atom stereocenters. The average Bonchev–Trinajstić information content (AvgIpc) is 3.06. The van der Waals surface area contributed by atoms with Crippen LogP contribution in [0.2, 0.25) is 18.1 Å². The zero-order valence-corrected chi connectivity index (χ0v) is 31.2. The molecule has 258 valence electrons. The number of anilines is 2. The van der Waals surface area contributed by atoms with Crippen molar-refractivity contribution >= 4 is 37.6 Å². The van der Waals surface area contributed by atoms with E-state index in [4.69, 9.17) is 9.16 Å². The Morgan fingerprint density at radius 2 is 1.47 bits per heavy atom. The Morgan fingerprint density at radius 3 is 1.98 bits per heavy atom. The summed E-state index contributed by atoms with van der Waals surface area (Å²) >= 11 is 0. The van der Waals surface area contributed by atoms with Crippen LogP contribution in [0.15, 0.2) is 73.6 Å². The van der Waals surface area contributed by atoms with E-state index in [1.54, 1.807) is 30.6 Å². The lowest BCUT2D eigenvalue weighted by Gasteiger charge is -2.36. The maximum atomic E-state index is 13.3. The molecule has 0 aliphatic rings. The standard InChI is InChI=1S/C39H49N5O4Si/c1-11-29-24-41-35(22-36(29)47-8)38(46)43-33-17-13-15-31(27(33)3)30-14-12-16-32(26(30)2)42-37(45)34-19-18-28(23-40-34)25-44(7)20-21-48-49(9,10)39(4,5)6/h11-19,22-24H,1,20-21,25H2,2-10H3,(H,42,45)(H,43,46). The maximum absolute atomic E-state index is 13.3. The predicted molar refractivity (Wildman–Crippen MR) is 202 cm³/mol. The second-order valence-corrected chi connectivity index (χ2v) is 18.6. The number of ether oxygens (including phenoxy) is 1. The number of hydrogen-bond donors (Lipinski definition) is 2. The number of methoxy groups -OCH3 is 1. The zero-order chi connectivity index (χ0) is 35.9. The molecule has 0 bridgehead atoms. The number of carbonyl (C=O) groups excluding carboxylic acids is 2. The molecule has 49 heavy (non-hydrogen) atoms. The molecule has 2 heterocycles. The first-order chi connectivity index (χ1) is 23.1. The van der Waals surface area contributed by atoms with Gasteiger partial charge in [0.2, 0.25) is 0 Å². The van der Waals surface area contributed by atoms with E-state index in [9.17, 15) is 9.59 Å².